The number of nitrogen functional groups attached to an aromatic ring is 1. The highest BCUT2D eigenvalue weighted by Crippen LogP contribution is 2.30. The maximum absolute atomic E-state index is 12.0. The quantitative estimate of drug-likeness (QED) is 0.398. The van der Waals surface area contributed by atoms with Crippen LogP contribution >= 0.6 is 0 Å². The smallest absolute Gasteiger partial charge is 0.330 e. The number of H-pyrrole nitrogens is 1. The molecule has 0 bridgehead atoms. The molecule has 3 heterocycles. The number of hydrogen-bond acceptors (Lipinski definition) is 8. The Morgan fingerprint density at radius 1 is 1.40 bits per heavy atom. The van der Waals surface area contributed by atoms with Crippen LogP contribution in [-0.4, -0.2) is 59.8 Å². The molecule has 1 aliphatic rings. The molecule has 20 heavy (non-hydrogen) atoms. The second-order valence-electron chi connectivity index (χ2n) is 4.49. The van der Waals surface area contributed by atoms with Gasteiger partial charge in [0, 0.05) is 0 Å². The van der Waals surface area contributed by atoms with E-state index in [9.17, 15) is 15.0 Å². The average Bonchev–Trinajstić information content (AvgIpc) is 2.90. The van der Waals surface area contributed by atoms with Gasteiger partial charge < -0.3 is 30.8 Å². The Kier molecular flexibility index (Phi) is 2.94. The summed E-state index contributed by atoms with van der Waals surface area (Å²) in [5, 5.41) is 28.7. The summed E-state index contributed by atoms with van der Waals surface area (Å²) in [6, 6.07) is 0. The van der Waals surface area contributed by atoms with E-state index >= 15 is 0 Å². The number of nitrogens with one attached hydrogen (secondary N) is 1. The topological polar surface area (TPSA) is 160 Å². The van der Waals surface area contributed by atoms with Crippen LogP contribution in [0.25, 0.3) is 11.2 Å². The third-order valence-corrected chi connectivity index (χ3v) is 3.31. The summed E-state index contributed by atoms with van der Waals surface area (Å²) < 4.78 is 6.34. The van der Waals surface area contributed by atoms with E-state index in [1.165, 1.54) is 6.33 Å². The van der Waals surface area contributed by atoms with Gasteiger partial charge in [0.25, 0.3) is 0 Å². The molecule has 2 aromatic heterocycles. The number of aliphatic hydroxyl groups excluding tert-OH is 3. The molecule has 2 aromatic rings. The molecule has 10 nitrogen and oxygen atoms in total. The molecule has 0 spiro atoms. The number of ether oxygens (including phenoxy) is 1. The molecule has 0 saturated carbocycles. The van der Waals surface area contributed by atoms with Crippen LogP contribution in [0.4, 0.5) is 5.82 Å². The van der Waals surface area contributed by atoms with Crippen LogP contribution in [-0.2, 0) is 4.74 Å². The fourth-order valence-corrected chi connectivity index (χ4v) is 2.28. The van der Waals surface area contributed by atoms with Crippen LogP contribution in [0.5, 0.6) is 0 Å². The van der Waals surface area contributed by atoms with Gasteiger partial charge >= 0.3 is 5.69 Å². The van der Waals surface area contributed by atoms with Crippen LogP contribution < -0.4 is 11.4 Å². The Morgan fingerprint density at radius 3 is 2.80 bits per heavy atom. The van der Waals surface area contributed by atoms with Crippen molar-refractivity contribution in [3.63, 3.8) is 0 Å². The van der Waals surface area contributed by atoms with Crippen molar-refractivity contribution in [3.05, 3.63) is 16.8 Å². The molecule has 1 saturated heterocycles. The van der Waals surface area contributed by atoms with Crippen molar-refractivity contribution in [2.24, 2.45) is 0 Å². The Morgan fingerprint density at radius 2 is 2.15 bits per heavy atom. The van der Waals surface area contributed by atoms with Gasteiger partial charge in [-0.15, -0.1) is 0 Å². The second kappa shape index (κ2) is 4.52. The molecule has 3 rings (SSSR count). The van der Waals surface area contributed by atoms with Crippen LogP contribution in [0.1, 0.15) is 6.23 Å². The lowest BCUT2D eigenvalue weighted by molar-refractivity contribution is -0.0524. The largest absolute Gasteiger partial charge is 0.394 e. The van der Waals surface area contributed by atoms with E-state index in [1.807, 2.05) is 0 Å². The normalized spacial score (nSPS) is 30.1. The highest BCUT2D eigenvalue weighted by Gasteiger charge is 2.44. The van der Waals surface area contributed by atoms with Gasteiger partial charge in [0.05, 0.1) is 6.61 Å². The molecule has 6 N–H and O–H groups in total. The minimum atomic E-state index is -1.37. The van der Waals surface area contributed by atoms with Crippen molar-refractivity contribution < 1.29 is 20.1 Å². The minimum Gasteiger partial charge on any atom is -0.394 e. The number of fused-ring (bicyclic) bond motifs is 1. The molecule has 0 amide bonds. The first-order valence-corrected chi connectivity index (χ1v) is 5.87. The number of nitrogens with two attached hydrogens (primary N) is 1. The first kappa shape index (κ1) is 13.0. The van der Waals surface area contributed by atoms with Gasteiger partial charge in [-0.2, -0.15) is 0 Å². The van der Waals surface area contributed by atoms with E-state index in [1.54, 1.807) is 0 Å². The third kappa shape index (κ3) is 1.70. The van der Waals surface area contributed by atoms with Gasteiger partial charge in [-0.1, -0.05) is 0 Å². The summed E-state index contributed by atoms with van der Waals surface area (Å²) in [5.41, 5.74) is 5.38. The average molecular weight is 283 g/mol. The van der Waals surface area contributed by atoms with Gasteiger partial charge in [0.15, 0.2) is 17.7 Å². The highest BCUT2D eigenvalue weighted by molar-refractivity contribution is 5.81. The van der Waals surface area contributed by atoms with Gasteiger partial charge in [0.1, 0.15) is 30.2 Å². The molecule has 10 heteroatoms. The fourth-order valence-electron chi connectivity index (χ4n) is 2.28. The molecular weight excluding hydrogens is 270 g/mol. The number of hydrogen-bond donors (Lipinski definition) is 5. The minimum absolute atomic E-state index is 0.0811. The molecule has 0 radical (unpaired) electrons. The van der Waals surface area contributed by atoms with Crippen molar-refractivity contribution in [1.82, 2.24) is 19.5 Å². The van der Waals surface area contributed by atoms with Crippen LogP contribution in [0.15, 0.2) is 11.1 Å². The zero-order valence-corrected chi connectivity index (χ0v) is 10.2. The molecule has 0 aromatic carbocycles. The molecule has 2 unspecified atom stereocenters. The summed E-state index contributed by atoms with van der Waals surface area (Å²) in [5.74, 6) is 0.0811. The summed E-state index contributed by atoms with van der Waals surface area (Å²) in [4.78, 5) is 22.1. The maximum atomic E-state index is 12.0. The molecule has 1 aliphatic heterocycles. The predicted molar refractivity (Wildman–Crippen MR) is 65.6 cm³/mol. The predicted octanol–water partition coefficient (Wildman–Crippen LogP) is -2.69. The van der Waals surface area contributed by atoms with Gasteiger partial charge in [0.2, 0.25) is 0 Å². The Bertz CT molecular complexity index is 697. The highest BCUT2D eigenvalue weighted by atomic mass is 16.6. The first-order valence-electron chi connectivity index (χ1n) is 5.87. The Hall–Kier alpha value is -2.01. The van der Waals surface area contributed by atoms with Crippen molar-refractivity contribution in [2.75, 3.05) is 12.3 Å². The molecular formula is C10H13N5O5. The summed E-state index contributed by atoms with van der Waals surface area (Å²) in [7, 11) is 0. The number of aliphatic hydroxyl groups is 3. The monoisotopic (exact) mass is 283 g/mol. The van der Waals surface area contributed by atoms with E-state index in [0.29, 0.717) is 0 Å². The van der Waals surface area contributed by atoms with Crippen molar-refractivity contribution in [3.8, 4) is 0 Å². The maximum Gasteiger partial charge on any atom is 0.330 e. The van der Waals surface area contributed by atoms with Crippen LogP contribution in [0.3, 0.4) is 0 Å². The lowest BCUT2D eigenvalue weighted by Gasteiger charge is -2.15. The van der Waals surface area contributed by atoms with E-state index in [2.05, 4.69) is 15.0 Å². The van der Waals surface area contributed by atoms with Gasteiger partial charge in [-0.3, -0.25) is 0 Å². The fraction of sp³-hybridized carbons (Fsp3) is 0.500. The first-order chi connectivity index (χ1) is 9.54. The zero-order valence-electron chi connectivity index (χ0n) is 10.2. The second-order valence-corrected chi connectivity index (χ2v) is 4.49. The van der Waals surface area contributed by atoms with Gasteiger partial charge in [-0.05, 0) is 0 Å². The number of aromatic amines is 1. The van der Waals surface area contributed by atoms with E-state index in [-0.39, 0.29) is 17.0 Å². The van der Waals surface area contributed by atoms with E-state index < -0.39 is 36.8 Å². The number of imidazole rings is 1. The number of anilines is 1. The molecule has 0 aliphatic carbocycles. The van der Waals surface area contributed by atoms with E-state index in [0.717, 1.165) is 4.57 Å². The molecule has 4 atom stereocenters. The molecule has 1 fully saturated rings. The third-order valence-electron chi connectivity index (χ3n) is 3.31. The van der Waals surface area contributed by atoms with E-state index in [4.69, 9.17) is 15.6 Å². The van der Waals surface area contributed by atoms with Crippen LogP contribution in [0.2, 0.25) is 0 Å². The van der Waals surface area contributed by atoms with Crippen molar-refractivity contribution >= 4 is 17.0 Å². The Labute approximate surface area is 111 Å². The lowest BCUT2D eigenvalue weighted by atomic mass is 10.1. The number of aromatic nitrogens is 4. The lowest BCUT2D eigenvalue weighted by Crippen LogP contribution is -2.34. The Balaban J connectivity index is 2.14. The summed E-state index contributed by atoms with van der Waals surface area (Å²) in [6.07, 6.45) is -3.66. The van der Waals surface area contributed by atoms with Gasteiger partial charge in [-0.25, -0.2) is 19.3 Å². The van der Waals surface area contributed by atoms with Crippen LogP contribution in [0, 0.1) is 0 Å². The van der Waals surface area contributed by atoms with Crippen molar-refractivity contribution in [2.45, 2.75) is 24.5 Å². The molecule has 108 valence electrons. The SMILES string of the molecule is Nc1ncnc2c1[nH]c(=O)n2C1OC(CO)[C@@H](O)[C@H]1O. The zero-order chi connectivity index (χ0) is 14.4. The summed E-state index contributed by atoms with van der Waals surface area (Å²) >= 11 is 0. The number of nitrogens with zero attached hydrogens (tertiary/aromatic N) is 3. The summed E-state index contributed by atoms with van der Waals surface area (Å²) in [6.45, 7) is -0.483. The van der Waals surface area contributed by atoms with Crippen molar-refractivity contribution in [1.29, 1.82) is 0 Å². The number of rotatable bonds is 2. The standard InChI is InChI=1S/C10H13N5O5/c11-7-4-8(13-2-12-7)15(10(19)14-4)9-6(18)5(17)3(1-16)20-9/h2-3,5-6,9,16-18H,1H2,(H,14,19)(H2,11,12,13)/t3?,5-,6-,9?/m1/s1.